The molecule has 0 radical (unpaired) electrons. The highest BCUT2D eigenvalue weighted by atomic mass is 16.4. The number of aliphatic hydroxyl groups excluding tert-OH is 2. The van der Waals surface area contributed by atoms with Gasteiger partial charge in [0.25, 0.3) is 6.01 Å². The van der Waals surface area contributed by atoms with E-state index in [0.29, 0.717) is 11.7 Å². The fraction of sp³-hybridized carbons (Fsp3) is 0.700. The minimum absolute atomic E-state index is 0.0893. The molecule has 0 aromatic carbocycles. The third-order valence-corrected chi connectivity index (χ3v) is 2.76. The van der Waals surface area contributed by atoms with Gasteiger partial charge in [0.2, 0.25) is 0 Å². The minimum atomic E-state index is -0.0893. The van der Waals surface area contributed by atoms with Gasteiger partial charge in [0.15, 0.2) is 0 Å². The Balaban J connectivity index is 1.88. The first-order valence-electron chi connectivity index (χ1n) is 5.47. The van der Waals surface area contributed by atoms with E-state index in [4.69, 9.17) is 14.6 Å². The first-order chi connectivity index (χ1) is 7.83. The van der Waals surface area contributed by atoms with Gasteiger partial charge in [-0.1, -0.05) is 0 Å². The number of nitrogens with zero attached hydrogens (tertiary/aromatic N) is 3. The summed E-state index contributed by atoms with van der Waals surface area (Å²) in [5.74, 6) is 0. The quantitative estimate of drug-likeness (QED) is 0.707. The van der Waals surface area contributed by atoms with Crippen LogP contribution in [-0.2, 0) is 6.61 Å². The molecule has 1 fully saturated rings. The Bertz CT molecular complexity index is 321. The normalized spacial score (nSPS) is 18.0. The molecule has 6 heteroatoms. The molecule has 2 heterocycles. The fourth-order valence-corrected chi connectivity index (χ4v) is 1.82. The molecule has 0 spiro atoms. The zero-order chi connectivity index (χ0) is 11.4. The molecule has 1 aliphatic heterocycles. The topological polar surface area (TPSA) is 73.0 Å². The van der Waals surface area contributed by atoms with E-state index in [0.717, 1.165) is 32.7 Å². The molecule has 1 saturated heterocycles. The Hall–Kier alpha value is -1.11. The molecule has 90 valence electrons. The minimum Gasteiger partial charge on any atom is -0.432 e. The summed E-state index contributed by atoms with van der Waals surface area (Å²) in [7, 11) is 0. The van der Waals surface area contributed by atoms with Crippen molar-refractivity contribution >= 4 is 6.01 Å². The monoisotopic (exact) mass is 227 g/mol. The van der Waals surface area contributed by atoms with E-state index in [1.807, 2.05) is 4.90 Å². The van der Waals surface area contributed by atoms with Crippen LogP contribution in [0, 0.1) is 0 Å². The first-order valence-corrected chi connectivity index (χ1v) is 5.47. The van der Waals surface area contributed by atoms with Crippen molar-refractivity contribution in [1.29, 1.82) is 0 Å². The number of rotatable bonds is 4. The van der Waals surface area contributed by atoms with Crippen molar-refractivity contribution in [2.45, 2.75) is 6.61 Å². The molecule has 1 aliphatic rings. The van der Waals surface area contributed by atoms with Crippen LogP contribution in [0.4, 0.5) is 6.01 Å². The van der Waals surface area contributed by atoms with Gasteiger partial charge in [0.1, 0.15) is 12.0 Å². The van der Waals surface area contributed by atoms with Crippen LogP contribution in [0.1, 0.15) is 5.69 Å². The highest BCUT2D eigenvalue weighted by molar-refractivity contribution is 5.27. The Kier molecular flexibility index (Phi) is 3.76. The van der Waals surface area contributed by atoms with Gasteiger partial charge in [-0.3, -0.25) is 4.90 Å². The molecular formula is C10H17N3O3. The predicted octanol–water partition coefficient (Wildman–Crippen LogP) is -0.719. The van der Waals surface area contributed by atoms with Crippen molar-refractivity contribution in [3.63, 3.8) is 0 Å². The predicted molar refractivity (Wildman–Crippen MR) is 58.2 cm³/mol. The van der Waals surface area contributed by atoms with Gasteiger partial charge in [-0.2, -0.15) is 4.98 Å². The second-order valence-electron chi connectivity index (χ2n) is 3.83. The third-order valence-electron chi connectivity index (χ3n) is 2.76. The highest BCUT2D eigenvalue weighted by Gasteiger charge is 2.19. The average Bonchev–Trinajstić information content (AvgIpc) is 2.79. The maximum absolute atomic E-state index is 8.88. The number of oxazole rings is 1. The zero-order valence-electron chi connectivity index (χ0n) is 9.17. The summed E-state index contributed by atoms with van der Waals surface area (Å²) >= 11 is 0. The number of aromatic nitrogens is 1. The summed E-state index contributed by atoms with van der Waals surface area (Å²) in [6.07, 6.45) is 1.48. The molecule has 2 N–H and O–H groups in total. The molecule has 1 aromatic heterocycles. The van der Waals surface area contributed by atoms with Gasteiger partial charge in [-0.15, -0.1) is 0 Å². The van der Waals surface area contributed by atoms with Crippen LogP contribution < -0.4 is 4.90 Å². The number of piperazine rings is 1. The van der Waals surface area contributed by atoms with Crippen LogP contribution in [0.3, 0.4) is 0 Å². The maximum Gasteiger partial charge on any atom is 0.297 e. The molecular weight excluding hydrogens is 210 g/mol. The number of anilines is 1. The van der Waals surface area contributed by atoms with Crippen molar-refractivity contribution in [3.8, 4) is 0 Å². The summed E-state index contributed by atoms with van der Waals surface area (Å²) < 4.78 is 5.28. The second-order valence-corrected chi connectivity index (χ2v) is 3.83. The molecule has 0 saturated carbocycles. The lowest BCUT2D eigenvalue weighted by Crippen LogP contribution is -2.47. The second kappa shape index (κ2) is 5.29. The SMILES string of the molecule is OCCN1CCN(c2nc(CO)co2)CC1. The van der Waals surface area contributed by atoms with Crippen LogP contribution in [-0.4, -0.2) is 59.4 Å². The van der Waals surface area contributed by atoms with Crippen LogP contribution in [0.5, 0.6) is 0 Å². The molecule has 0 unspecified atom stereocenters. The van der Waals surface area contributed by atoms with E-state index in [1.165, 1.54) is 6.26 Å². The molecule has 0 bridgehead atoms. The van der Waals surface area contributed by atoms with E-state index in [2.05, 4.69) is 9.88 Å². The molecule has 0 atom stereocenters. The summed E-state index contributed by atoms with van der Waals surface area (Å²) in [6.45, 7) is 4.31. The summed E-state index contributed by atoms with van der Waals surface area (Å²) in [5.41, 5.74) is 0.563. The molecule has 1 aromatic rings. The maximum atomic E-state index is 8.88. The van der Waals surface area contributed by atoms with Crippen LogP contribution in [0.15, 0.2) is 10.7 Å². The molecule has 0 amide bonds. The number of hydrogen-bond acceptors (Lipinski definition) is 6. The van der Waals surface area contributed by atoms with Gasteiger partial charge < -0.3 is 19.5 Å². The molecule has 16 heavy (non-hydrogen) atoms. The van der Waals surface area contributed by atoms with Gasteiger partial charge in [-0.05, 0) is 0 Å². The Morgan fingerprint density at radius 1 is 1.25 bits per heavy atom. The fourth-order valence-electron chi connectivity index (χ4n) is 1.82. The lowest BCUT2D eigenvalue weighted by molar-refractivity contribution is 0.187. The van der Waals surface area contributed by atoms with Crippen molar-refractivity contribution in [3.05, 3.63) is 12.0 Å². The number of aliphatic hydroxyl groups is 2. The van der Waals surface area contributed by atoms with Gasteiger partial charge in [-0.25, -0.2) is 0 Å². The lowest BCUT2D eigenvalue weighted by atomic mass is 10.3. The van der Waals surface area contributed by atoms with Crippen LogP contribution in [0.25, 0.3) is 0 Å². The smallest absolute Gasteiger partial charge is 0.297 e. The van der Waals surface area contributed by atoms with Crippen molar-refractivity contribution in [2.75, 3.05) is 44.2 Å². The standard InChI is InChI=1S/C10H17N3O3/c14-6-5-12-1-3-13(4-2-12)10-11-9(7-15)8-16-10/h8,14-15H,1-7H2. The van der Waals surface area contributed by atoms with E-state index in [-0.39, 0.29) is 13.2 Å². The average molecular weight is 227 g/mol. The number of β-amino-alcohol motifs (C(OH)–C–C–N with tert-alkyl or cyclic N) is 1. The zero-order valence-corrected chi connectivity index (χ0v) is 9.17. The third kappa shape index (κ3) is 2.52. The number of hydrogen-bond donors (Lipinski definition) is 2. The van der Waals surface area contributed by atoms with Gasteiger partial charge in [0.05, 0.1) is 13.2 Å². The van der Waals surface area contributed by atoms with E-state index in [1.54, 1.807) is 0 Å². The summed E-state index contributed by atoms with van der Waals surface area (Å²) in [5, 5.41) is 17.7. The van der Waals surface area contributed by atoms with Gasteiger partial charge in [0, 0.05) is 32.7 Å². The Morgan fingerprint density at radius 2 is 2.00 bits per heavy atom. The van der Waals surface area contributed by atoms with Gasteiger partial charge >= 0.3 is 0 Å². The van der Waals surface area contributed by atoms with E-state index in [9.17, 15) is 0 Å². The lowest BCUT2D eigenvalue weighted by Gasteiger charge is -2.33. The summed E-state index contributed by atoms with van der Waals surface area (Å²) in [6, 6.07) is 0.577. The van der Waals surface area contributed by atoms with Crippen molar-refractivity contribution in [1.82, 2.24) is 9.88 Å². The van der Waals surface area contributed by atoms with Crippen molar-refractivity contribution in [2.24, 2.45) is 0 Å². The van der Waals surface area contributed by atoms with Crippen molar-refractivity contribution < 1.29 is 14.6 Å². The van der Waals surface area contributed by atoms with Crippen LogP contribution >= 0.6 is 0 Å². The Morgan fingerprint density at radius 3 is 2.56 bits per heavy atom. The molecule has 2 rings (SSSR count). The van der Waals surface area contributed by atoms with E-state index >= 15 is 0 Å². The largest absolute Gasteiger partial charge is 0.432 e. The highest BCUT2D eigenvalue weighted by Crippen LogP contribution is 2.15. The Labute approximate surface area is 94.1 Å². The van der Waals surface area contributed by atoms with Crippen LogP contribution in [0.2, 0.25) is 0 Å². The molecule has 6 nitrogen and oxygen atoms in total. The van der Waals surface area contributed by atoms with E-state index < -0.39 is 0 Å². The first kappa shape index (κ1) is 11.4. The summed E-state index contributed by atoms with van der Waals surface area (Å²) in [4.78, 5) is 8.41. The molecule has 0 aliphatic carbocycles.